The third kappa shape index (κ3) is 66.4. The summed E-state index contributed by atoms with van der Waals surface area (Å²) in [6, 6.07) is 0. The van der Waals surface area contributed by atoms with Crippen molar-refractivity contribution in [2.75, 3.05) is 13.2 Å². The van der Waals surface area contributed by atoms with E-state index in [0.29, 0.717) is 19.3 Å². The summed E-state index contributed by atoms with van der Waals surface area (Å²) in [5.74, 6) is -0.851. The Morgan fingerprint density at radius 3 is 0.625 bits per heavy atom. The van der Waals surface area contributed by atoms with E-state index in [4.69, 9.17) is 14.2 Å². The van der Waals surface area contributed by atoms with Crippen LogP contribution in [0.5, 0.6) is 0 Å². The molecule has 0 fully saturated rings. The van der Waals surface area contributed by atoms with Crippen LogP contribution in [-0.2, 0) is 28.6 Å². The Labute approximate surface area is 499 Å². The van der Waals surface area contributed by atoms with Gasteiger partial charge in [-0.05, 0) is 96.3 Å². The minimum Gasteiger partial charge on any atom is -0.462 e. The molecule has 0 aromatic carbocycles. The molecular formula is C74H138O6. The molecule has 0 saturated carbocycles. The van der Waals surface area contributed by atoms with Crippen LogP contribution in [0.3, 0.4) is 0 Å². The summed E-state index contributed by atoms with van der Waals surface area (Å²) in [5, 5.41) is 0. The van der Waals surface area contributed by atoms with Crippen LogP contribution in [-0.4, -0.2) is 37.2 Å². The number of allylic oxidation sites excluding steroid dienone is 6. The molecule has 0 aromatic heterocycles. The van der Waals surface area contributed by atoms with Crippen molar-refractivity contribution in [3.05, 3.63) is 36.5 Å². The zero-order chi connectivity index (χ0) is 57.8. The average molecular weight is 1120 g/mol. The highest BCUT2D eigenvalue weighted by molar-refractivity contribution is 5.71. The lowest BCUT2D eigenvalue weighted by Crippen LogP contribution is -2.30. The summed E-state index contributed by atoms with van der Waals surface area (Å²) in [5.41, 5.74) is 0. The van der Waals surface area contributed by atoms with Gasteiger partial charge < -0.3 is 14.2 Å². The fourth-order valence-electron chi connectivity index (χ4n) is 10.9. The van der Waals surface area contributed by atoms with E-state index < -0.39 is 6.10 Å². The van der Waals surface area contributed by atoms with Gasteiger partial charge in [-0.2, -0.15) is 0 Å². The molecule has 0 rings (SSSR count). The highest BCUT2D eigenvalue weighted by Gasteiger charge is 2.19. The number of hydrogen-bond donors (Lipinski definition) is 0. The Morgan fingerprint density at radius 1 is 0.237 bits per heavy atom. The number of rotatable bonds is 67. The van der Waals surface area contributed by atoms with E-state index in [1.807, 2.05) is 0 Å². The highest BCUT2D eigenvalue weighted by atomic mass is 16.6. The first-order valence-corrected chi connectivity index (χ1v) is 36.0. The molecule has 0 aliphatic heterocycles. The predicted molar refractivity (Wildman–Crippen MR) is 349 cm³/mol. The number of hydrogen-bond acceptors (Lipinski definition) is 6. The van der Waals surface area contributed by atoms with Gasteiger partial charge in [0.05, 0.1) is 0 Å². The monoisotopic (exact) mass is 1120 g/mol. The van der Waals surface area contributed by atoms with Gasteiger partial charge in [0, 0.05) is 19.3 Å². The normalized spacial score (nSPS) is 12.2. The molecule has 0 saturated heterocycles. The standard InChI is InChI=1S/C74H138O6/c1-4-7-10-13-16-19-22-25-28-31-33-34-35-36-37-38-39-40-41-44-46-49-52-55-58-61-64-67-73(76)79-70-71(69-78-72(75)66-63-60-57-54-51-48-45-42-30-27-24-21-18-15-12-9-6-3)80-74(77)68-65-62-59-56-53-50-47-43-32-29-26-23-20-17-14-11-8-5-2/h27,29-33,71H,4-26,28,34-70H2,1-3H3/b30-27-,32-29-,33-31-. The lowest BCUT2D eigenvalue weighted by atomic mass is 10.0. The largest absolute Gasteiger partial charge is 0.462 e. The molecule has 1 atom stereocenters. The third-order valence-corrected chi connectivity index (χ3v) is 16.3. The summed E-state index contributed by atoms with van der Waals surface area (Å²) < 4.78 is 17.0. The highest BCUT2D eigenvalue weighted by Crippen LogP contribution is 2.18. The first kappa shape index (κ1) is 77.6. The van der Waals surface area contributed by atoms with Gasteiger partial charge in [-0.1, -0.05) is 320 Å². The van der Waals surface area contributed by atoms with Gasteiger partial charge in [-0.15, -0.1) is 0 Å². The molecule has 0 heterocycles. The molecule has 6 nitrogen and oxygen atoms in total. The molecule has 470 valence electrons. The van der Waals surface area contributed by atoms with Crippen LogP contribution in [0.15, 0.2) is 36.5 Å². The minimum absolute atomic E-state index is 0.0710. The van der Waals surface area contributed by atoms with Gasteiger partial charge in [-0.3, -0.25) is 14.4 Å². The third-order valence-electron chi connectivity index (χ3n) is 16.3. The van der Waals surface area contributed by atoms with Crippen LogP contribution in [0, 0.1) is 0 Å². The Kier molecular flexibility index (Phi) is 67.1. The van der Waals surface area contributed by atoms with Crippen molar-refractivity contribution in [2.45, 2.75) is 406 Å². The Balaban J connectivity index is 4.26. The Bertz CT molecular complexity index is 1340. The second-order valence-electron chi connectivity index (χ2n) is 24.5. The Hall–Kier alpha value is -2.37. The van der Waals surface area contributed by atoms with E-state index >= 15 is 0 Å². The topological polar surface area (TPSA) is 78.9 Å². The molecule has 0 radical (unpaired) electrons. The van der Waals surface area contributed by atoms with E-state index in [9.17, 15) is 14.4 Å². The van der Waals surface area contributed by atoms with Crippen molar-refractivity contribution in [2.24, 2.45) is 0 Å². The van der Waals surface area contributed by atoms with Crippen molar-refractivity contribution >= 4 is 17.9 Å². The van der Waals surface area contributed by atoms with E-state index in [1.54, 1.807) is 0 Å². The van der Waals surface area contributed by atoms with Gasteiger partial charge in [-0.25, -0.2) is 0 Å². The fraction of sp³-hybridized carbons (Fsp3) is 0.878. The first-order chi connectivity index (χ1) is 39.5. The lowest BCUT2D eigenvalue weighted by Gasteiger charge is -2.18. The zero-order valence-electron chi connectivity index (χ0n) is 54.1. The van der Waals surface area contributed by atoms with Crippen molar-refractivity contribution in [1.82, 2.24) is 0 Å². The molecule has 0 amide bonds. The van der Waals surface area contributed by atoms with Gasteiger partial charge in [0.2, 0.25) is 0 Å². The summed E-state index contributed by atoms with van der Waals surface area (Å²) in [4.78, 5) is 38.5. The average Bonchev–Trinajstić information content (AvgIpc) is 3.46. The van der Waals surface area contributed by atoms with Crippen LogP contribution >= 0.6 is 0 Å². The summed E-state index contributed by atoms with van der Waals surface area (Å²) in [6.07, 6.45) is 86.0. The van der Waals surface area contributed by atoms with Crippen LogP contribution in [0.25, 0.3) is 0 Å². The first-order valence-electron chi connectivity index (χ1n) is 36.0. The minimum atomic E-state index is -0.776. The second kappa shape index (κ2) is 69.1. The quantitative estimate of drug-likeness (QED) is 0.0261. The number of carbonyl (C=O) groups excluding carboxylic acids is 3. The van der Waals surface area contributed by atoms with Crippen molar-refractivity contribution in [3.8, 4) is 0 Å². The SMILES string of the molecule is CCCCCCCC/C=C\CCCCCCCCCC(=O)OCC(COC(=O)CCCCCCCCCCCCCCCCC/C=C\CCCCCCCCCC)OC(=O)CCCCCCCCC/C=C\CCCCCCCCC. The molecule has 0 aliphatic rings. The molecule has 1 unspecified atom stereocenters. The smallest absolute Gasteiger partial charge is 0.306 e. The molecule has 80 heavy (non-hydrogen) atoms. The molecule has 0 N–H and O–H groups in total. The molecule has 0 spiro atoms. The van der Waals surface area contributed by atoms with Crippen LogP contribution < -0.4 is 0 Å². The van der Waals surface area contributed by atoms with Gasteiger partial charge in [0.15, 0.2) is 6.10 Å². The number of carbonyl (C=O) groups is 3. The molecular weight excluding hydrogens is 985 g/mol. The molecule has 0 aliphatic carbocycles. The van der Waals surface area contributed by atoms with Crippen molar-refractivity contribution in [1.29, 1.82) is 0 Å². The van der Waals surface area contributed by atoms with E-state index in [0.717, 1.165) is 57.8 Å². The summed E-state index contributed by atoms with van der Waals surface area (Å²) >= 11 is 0. The molecule has 6 heteroatoms. The van der Waals surface area contributed by atoms with Gasteiger partial charge in [0.1, 0.15) is 13.2 Å². The Morgan fingerprint density at radius 2 is 0.412 bits per heavy atom. The lowest BCUT2D eigenvalue weighted by molar-refractivity contribution is -0.167. The van der Waals surface area contributed by atoms with Crippen molar-refractivity contribution in [3.63, 3.8) is 0 Å². The predicted octanol–water partition coefficient (Wildman–Crippen LogP) is 24.7. The van der Waals surface area contributed by atoms with E-state index in [-0.39, 0.29) is 31.1 Å². The maximum atomic E-state index is 12.9. The maximum absolute atomic E-state index is 12.9. The number of esters is 3. The van der Waals surface area contributed by atoms with Crippen LogP contribution in [0.4, 0.5) is 0 Å². The van der Waals surface area contributed by atoms with Crippen LogP contribution in [0.2, 0.25) is 0 Å². The summed E-state index contributed by atoms with van der Waals surface area (Å²) in [7, 11) is 0. The van der Waals surface area contributed by atoms with E-state index in [2.05, 4.69) is 57.2 Å². The van der Waals surface area contributed by atoms with Gasteiger partial charge >= 0.3 is 17.9 Å². The van der Waals surface area contributed by atoms with Crippen molar-refractivity contribution < 1.29 is 28.6 Å². The zero-order valence-corrected chi connectivity index (χ0v) is 54.1. The van der Waals surface area contributed by atoms with Crippen LogP contribution in [0.1, 0.15) is 400 Å². The molecule has 0 aromatic rings. The fourth-order valence-corrected chi connectivity index (χ4v) is 10.9. The van der Waals surface area contributed by atoms with E-state index in [1.165, 1.54) is 302 Å². The second-order valence-corrected chi connectivity index (χ2v) is 24.5. The number of ether oxygens (including phenoxy) is 3. The molecule has 0 bridgehead atoms. The summed E-state index contributed by atoms with van der Waals surface area (Å²) in [6.45, 7) is 6.70. The van der Waals surface area contributed by atoms with Gasteiger partial charge in [0.25, 0.3) is 0 Å². The number of unbranched alkanes of at least 4 members (excludes halogenated alkanes) is 50. The maximum Gasteiger partial charge on any atom is 0.306 e.